The highest BCUT2D eigenvalue weighted by atomic mass is 15.1. The van der Waals surface area contributed by atoms with E-state index in [-0.39, 0.29) is 10.8 Å². The molecule has 0 aromatic heterocycles. The Kier molecular flexibility index (Phi) is 8.28. The van der Waals surface area contributed by atoms with E-state index in [1.807, 2.05) is 0 Å². The Labute approximate surface area is 388 Å². The van der Waals surface area contributed by atoms with Gasteiger partial charge in [-0.1, -0.05) is 228 Å². The van der Waals surface area contributed by atoms with Crippen molar-refractivity contribution in [3.8, 4) is 44.5 Å². The van der Waals surface area contributed by atoms with E-state index < -0.39 is 5.41 Å². The average molecular weight is 844 g/mol. The van der Waals surface area contributed by atoms with E-state index in [2.05, 4.69) is 257 Å². The normalized spacial score (nSPS) is 15.0. The molecule has 1 nitrogen and oxygen atoms in total. The van der Waals surface area contributed by atoms with Crippen molar-refractivity contribution in [1.29, 1.82) is 0 Å². The van der Waals surface area contributed by atoms with Gasteiger partial charge >= 0.3 is 0 Å². The Morgan fingerprint density at radius 3 is 1.52 bits per heavy atom. The van der Waals surface area contributed by atoms with Gasteiger partial charge in [-0.2, -0.15) is 0 Å². The Morgan fingerprint density at radius 2 is 0.833 bits per heavy atom. The highest BCUT2D eigenvalue weighted by molar-refractivity contribution is 6.08. The van der Waals surface area contributed by atoms with Crippen LogP contribution in [0.1, 0.15) is 72.2 Å². The summed E-state index contributed by atoms with van der Waals surface area (Å²) in [6.07, 6.45) is 0. The minimum atomic E-state index is -0.530. The molecule has 0 unspecified atom stereocenters. The third-order valence-corrected chi connectivity index (χ3v) is 15.5. The molecule has 3 aliphatic carbocycles. The van der Waals surface area contributed by atoms with Gasteiger partial charge in [0, 0.05) is 27.6 Å². The lowest BCUT2D eigenvalue weighted by molar-refractivity contribution is 0.660. The minimum absolute atomic E-state index is 0.0715. The molecule has 0 saturated heterocycles. The van der Waals surface area contributed by atoms with Gasteiger partial charge in [-0.15, -0.1) is 0 Å². The largest absolute Gasteiger partial charge is 0.309 e. The van der Waals surface area contributed by atoms with Crippen molar-refractivity contribution in [2.24, 2.45) is 0 Å². The lowest BCUT2D eigenvalue weighted by Gasteiger charge is -2.35. The van der Waals surface area contributed by atoms with Gasteiger partial charge < -0.3 is 4.90 Å². The van der Waals surface area contributed by atoms with Crippen molar-refractivity contribution in [1.82, 2.24) is 0 Å². The lowest BCUT2D eigenvalue weighted by Crippen LogP contribution is -2.28. The smallest absolute Gasteiger partial charge is 0.0714 e. The Balaban J connectivity index is 1.11. The molecule has 0 N–H and O–H groups in total. The van der Waals surface area contributed by atoms with Gasteiger partial charge in [0.15, 0.2) is 0 Å². The number of nitrogens with zero attached hydrogens (tertiary/aromatic N) is 1. The molecule has 3 aliphatic rings. The zero-order valence-corrected chi connectivity index (χ0v) is 37.8. The fourth-order valence-electron chi connectivity index (χ4n) is 12.7. The van der Waals surface area contributed by atoms with E-state index in [0.717, 1.165) is 11.4 Å². The average Bonchev–Trinajstić information content (AvgIpc) is 3.91. The molecule has 0 spiro atoms. The summed E-state index contributed by atoms with van der Waals surface area (Å²) in [4.78, 5) is 2.60. The van der Waals surface area contributed by atoms with Crippen LogP contribution < -0.4 is 4.90 Å². The van der Waals surface area contributed by atoms with Crippen LogP contribution in [0.5, 0.6) is 0 Å². The Bertz CT molecular complexity index is 3540. The van der Waals surface area contributed by atoms with Gasteiger partial charge in [0.05, 0.1) is 16.8 Å². The molecule has 314 valence electrons. The molecule has 0 fully saturated rings. The number of anilines is 3. The molecule has 13 rings (SSSR count). The maximum Gasteiger partial charge on any atom is 0.0714 e. The molecule has 0 heterocycles. The van der Waals surface area contributed by atoms with E-state index in [1.54, 1.807) is 0 Å². The van der Waals surface area contributed by atoms with Crippen molar-refractivity contribution in [2.45, 2.75) is 43.9 Å². The monoisotopic (exact) mass is 843 g/mol. The van der Waals surface area contributed by atoms with Gasteiger partial charge in [0.1, 0.15) is 0 Å². The van der Waals surface area contributed by atoms with Gasteiger partial charge in [-0.3, -0.25) is 0 Å². The van der Waals surface area contributed by atoms with Crippen LogP contribution in [-0.4, -0.2) is 0 Å². The fourth-order valence-corrected chi connectivity index (χ4v) is 12.7. The first-order valence-corrected chi connectivity index (χ1v) is 23.4. The summed E-state index contributed by atoms with van der Waals surface area (Å²) < 4.78 is 0. The minimum Gasteiger partial charge on any atom is -0.309 e. The number of hydrogen-bond donors (Lipinski definition) is 0. The molecule has 66 heavy (non-hydrogen) atoms. The first-order valence-electron chi connectivity index (χ1n) is 23.4. The number of hydrogen-bond acceptors (Lipinski definition) is 1. The third-order valence-electron chi connectivity index (χ3n) is 15.5. The number of rotatable bonds is 6. The fraction of sp³-hybridized carbons (Fsp3) is 0.108. The summed E-state index contributed by atoms with van der Waals surface area (Å²) in [7, 11) is 0. The summed E-state index contributed by atoms with van der Waals surface area (Å²) >= 11 is 0. The van der Waals surface area contributed by atoms with Crippen molar-refractivity contribution in [2.75, 3.05) is 4.90 Å². The maximum absolute atomic E-state index is 2.60. The van der Waals surface area contributed by atoms with Gasteiger partial charge in [0.2, 0.25) is 0 Å². The first kappa shape index (κ1) is 38.7. The molecule has 10 aromatic carbocycles. The molecule has 0 aliphatic heterocycles. The second-order valence-electron chi connectivity index (χ2n) is 19.5. The summed E-state index contributed by atoms with van der Waals surface area (Å²) in [5, 5.41) is 2.55. The molecule has 1 heteroatoms. The molecule has 0 bridgehead atoms. The predicted octanol–water partition coefficient (Wildman–Crippen LogP) is 17.0. The predicted molar refractivity (Wildman–Crippen MR) is 276 cm³/mol. The topological polar surface area (TPSA) is 3.24 Å². The summed E-state index contributed by atoms with van der Waals surface area (Å²) in [5.41, 5.74) is 23.6. The molecule has 0 amide bonds. The van der Waals surface area contributed by atoms with Crippen LogP contribution in [0.4, 0.5) is 17.1 Å². The first-order chi connectivity index (χ1) is 32.3. The Morgan fingerprint density at radius 1 is 0.333 bits per heavy atom. The van der Waals surface area contributed by atoms with E-state index in [9.17, 15) is 0 Å². The highest BCUT2D eigenvalue weighted by Gasteiger charge is 2.48. The molecular formula is C65H49N. The van der Waals surface area contributed by atoms with Gasteiger partial charge in [-0.05, 0) is 113 Å². The second kappa shape index (κ2) is 14.1. The van der Waals surface area contributed by atoms with Crippen LogP contribution in [0, 0.1) is 0 Å². The van der Waals surface area contributed by atoms with Crippen molar-refractivity contribution < 1.29 is 0 Å². The van der Waals surface area contributed by atoms with Crippen LogP contribution in [0.15, 0.2) is 224 Å². The van der Waals surface area contributed by atoms with Crippen LogP contribution in [-0.2, 0) is 16.2 Å². The molecular weight excluding hydrogens is 795 g/mol. The van der Waals surface area contributed by atoms with Gasteiger partial charge in [-0.25, -0.2) is 0 Å². The summed E-state index contributed by atoms with van der Waals surface area (Å²) in [6, 6.07) is 84.4. The summed E-state index contributed by atoms with van der Waals surface area (Å²) in [5.74, 6) is 0. The van der Waals surface area contributed by atoms with Crippen LogP contribution in [0.3, 0.4) is 0 Å². The van der Waals surface area contributed by atoms with E-state index in [1.165, 1.54) is 105 Å². The standard InChI is InChI=1S/C65H49N/c1-63(2)52-31-16-13-27-49(52)59-47(30-19-34-55(59)63)42-37-39-46(40-38-42)66(58-41-43-21-11-12-26-48(43)62-61(58)50-28-14-17-32-53(50)64(62,3)4)57-36-20-35-56-60(57)51-29-15-18-33-54(51)65(56,44-22-7-5-8-23-44)45-24-9-6-10-25-45/h5-41H,1-4H3. The third kappa shape index (κ3) is 5.17. The highest BCUT2D eigenvalue weighted by Crippen LogP contribution is 2.62. The van der Waals surface area contributed by atoms with Crippen molar-refractivity contribution in [3.63, 3.8) is 0 Å². The van der Waals surface area contributed by atoms with E-state index in [4.69, 9.17) is 0 Å². The lowest BCUT2D eigenvalue weighted by atomic mass is 9.68. The van der Waals surface area contributed by atoms with Crippen LogP contribution in [0.25, 0.3) is 55.3 Å². The van der Waals surface area contributed by atoms with E-state index in [0.29, 0.717) is 0 Å². The van der Waals surface area contributed by atoms with E-state index >= 15 is 0 Å². The summed E-state index contributed by atoms with van der Waals surface area (Å²) in [6.45, 7) is 9.56. The Hall–Kier alpha value is -7.74. The maximum atomic E-state index is 2.60. The quantitative estimate of drug-likeness (QED) is 0.161. The zero-order valence-electron chi connectivity index (χ0n) is 37.8. The SMILES string of the molecule is CC1(C)c2ccccc2-c2c(-c3ccc(N(c4cccc5c4-c4ccccc4C5(c4ccccc4)c4ccccc4)c4cc5ccccc5c5c4-c4ccccc4C5(C)C)cc3)cccc21. The molecule has 10 aromatic rings. The van der Waals surface area contributed by atoms with Crippen molar-refractivity contribution >= 4 is 27.8 Å². The molecule has 0 atom stereocenters. The number of fused-ring (bicyclic) bond motifs is 11. The van der Waals surface area contributed by atoms with Crippen LogP contribution in [0.2, 0.25) is 0 Å². The van der Waals surface area contributed by atoms with Crippen LogP contribution >= 0.6 is 0 Å². The molecule has 0 radical (unpaired) electrons. The zero-order chi connectivity index (χ0) is 44.4. The number of benzene rings is 10. The van der Waals surface area contributed by atoms with Crippen molar-refractivity contribution in [3.05, 3.63) is 269 Å². The van der Waals surface area contributed by atoms with Gasteiger partial charge in [0.25, 0.3) is 0 Å². The second-order valence-corrected chi connectivity index (χ2v) is 19.5. The molecule has 0 saturated carbocycles.